The first-order valence-electron chi connectivity index (χ1n) is 7.79. The van der Waals surface area contributed by atoms with Crippen molar-refractivity contribution in [3.63, 3.8) is 0 Å². The molecule has 0 radical (unpaired) electrons. The fraction of sp³-hybridized carbons (Fsp3) is 0.438. The minimum absolute atomic E-state index is 0.193. The van der Waals surface area contributed by atoms with Crippen molar-refractivity contribution in [3.05, 3.63) is 18.2 Å². The summed E-state index contributed by atoms with van der Waals surface area (Å²) in [5.41, 5.74) is 5.78. The molecule has 1 saturated heterocycles. The van der Waals surface area contributed by atoms with E-state index in [1.807, 2.05) is 0 Å². The number of carbonyl (C=O) groups is 3. The van der Waals surface area contributed by atoms with Gasteiger partial charge in [-0.05, 0) is 6.42 Å². The molecule has 4 N–H and O–H groups in total. The fourth-order valence-electron chi connectivity index (χ4n) is 2.51. The SMILES string of the molecule is COc1cc(OC)cc(N2CCC(NC(=O)CNC(=O)CN)C2=O)c1. The van der Waals surface area contributed by atoms with E-state index in [1.54, 1.807) is 23.1 Å². The highest BCUT2D eigenvalue weighted by atomic mass is 16.5. The summed E-state index contributed by atoms with van der Waals surface area (Å²) in [6.45, 7) is 0.0448. The van der Waals surface area contributed by atoms with Crippen molar-refractivity contribution in [2.45, 2.75) is 12.5 Å². The Bertz CT molecular complexity index is 642. The van der Waals surface area contributed by atoms with Crippen LogP contribution in [-0.4, -0.2) is 57.6 Å². The molecule has 1 unspecified atom stereocenters. The number of ether oxygens (including phenoxy) is 2. The van der Waals surface area contributed by atoms with E-state index in [-0.39, 0.29) is 19.0 Å². The van der Waals surface area contributed by atoms with Crippen molar-refractivity contribution < 1.29 is 23.9 Å². The van der Waals surface area contributed by atoms with E-state index in [0.717, 1.165) is 0 Å². The number of nitrogens with two attached hydrogens (primary N) is 1. The molecule has 136 valence electrons. The maximum Gasteiger partial charge on any atom is 0.249 e. The lowest BCUT2D eigenvalue weighted by Gasteiger charge is -2.19. The monoisotopic (exact) mass is 350 g/mol. The molecule has 1 atom stereocenters. The third-order valence-corrected chi connectivity index (χ3v) is 3.82. The number of hydrogen-bond acceptors (Lipinski definition) is 6. The third kappa shape index (κ3) is 4.60. The second kappa shape index (κ2) is 8.34. The molecular weight excluding hydrogens is 328 g/mol. The van der Waals surface area contributed by atoms with Gasteiger partial charge in [-0.3, -0.25) is 14.4 Å². The van der Waals surface area contributed by atoms with Crippen LogP contribution in [0.1, 0.15) is 6.42 Å². The van der Waals surface area contributed by atoms with Crippen LogP contribution >= 0.6 is 0 Å². The molecule has 1 heterocycles. The lowest BCUT2D eigenvalue weighted by molar-refractivity contribution is -0.127. The summed E-state index contributed by atoms with van der Waals surface area (Å²) < 4.78 is 10.4. The van der Waals surface area contributed by atoms with Gasteiger partial charge in [0.25, 0.3) is 0 Å². The Balaban J connectivity index is 2.01. The molecular formula is C16H22N4O5. The van der Waals surface area contributed by atoms with E-state index in [4.69, 9.17) is 15.2 Å². The number of hydrogen-bond donors (Lipinski definition) is 3. The Labute approximate surface area is 145 Å². The van der Waals surface area contributed by atoms with Crippen LogP contribution in [0.2, 0.25) is 0 Å². The van der Waals surface area contributed by atoms with Crippen LogP contribution in [0.4, 0.5) is 5.69 Å². The standard InChI is InChI=1S/C16H22N4O5/c1-24-11-5-10(6-12(7-11)25-2)20-4-3-13(16(20)23)19-15(22)9-18-14(21)8-17/h5-7,13H,3-4,8-9,17H2,1-2H3,(H,18,21)(H,19,22). The summed E-state index contributed by atoms with van der Waals surface area (Å²) in [5.74, 6) is 0.0373. The zero-order chi connectivity index (χ0) is 18.4. The number of benzene rings is 1. The maximum atomic E-state index is 12.6. The zero-order valence-electron chi connectivity index (χ0n) is 14.2. The summed E-state index contributed by atoms with van der Waals surface area (Å²) in [6.07, 6.45) is 0.467. The van der Waals surface area contributed by atoms with E-state index in [1.165, 1.54) is 14.2 Å². The molecule has 1 aromatic carbocycles. The van der Waals surface area contributed by atoms with Crippen LogP contribution in [0.3, 0.4) is 0 Å². The smallest absolute Gasteiger partial charge is 0.249 e. The molecule has 9 nitrogen and oxygen atoms in total. The molecule has 0 saturated carbocycles. The molecule has 25 heavy (non-hydrogen) atoms. The summed E-state index contributed by atoms with van der Waals surface area (Å²) >= 11 is 0. The Morgan fingerprint density at radius 1 is 1.20 bits per heavy atom. The largest absolute Gasteiger partial charge is 0.497 e. The molecule has 0 spiro atoms. The Morgan fingerprint density at radius 2 is 1.84 bits per heavy atom. The Kier molecular flexibility index (Phi) is 6.18. The average molecular weight is 350 g/mol. The molecule has 2 rings (SSSR count). The molecule has 9 heteroatoms. The number of methoxy groups -OCH3 is 2. The van der Waals surface area contributed by atoms with Gasteiger partial charge in [-0.2, -0.15) is 0 Å². The highest BCUT2D eigenvalue weighted by Crippen LogP contribution is 2.30. The first-order valence-corrected chi connectivity index (χ1v) is 7.79. The fourth-order valence-corrected chi connectivity index (χ4v) is 2.51. The minimum atomic E-state index is -0.639. The van der Waals surface area contributed by atoms with E-state index in [0.29, 0.717) is 30.2 Å². The first kappa shape index (κ1) is 18.5. The Morgan fingerprint density at radius 3 is 2.40 bits per heavy atom. The first-order chi connectivity index (χ1) is 12.0. The van der Waals surface area contributed by atoms with Crippen molar-refractivity contribution >= 4 is 23.4 Å². The van der Waals surface area contributed by atoms with Crippen molar-refractivity contribution in [1.82, 2.24) is 10.6 Å². The normalized spacial score (nSPS) is 16.5. The second-order valence-corrected chi connectivity index (χ2v) is 5.45. The number of rotatable bonds is 7. The predicted molar refractivity (Wildman–Crippen MR) is 90.5 cm³/mol. The van der Waals surface area contributed by atoms with Crippen LogP contribution in [0, 0.1) is 0 Å². The summed E-state index contributed by atoms with van der Waals surface area (Å²) in [4.78, 5) is 37.0. The summed E-state index contributed by atoms with van der Waals surface area (Å²) in [6, 6.07) is 4.53. The van der Waals surface area contributed by atoms with Gasteiger partial charge in [0.2, 0.25) is 17.7 Å². The molecule has 0 bridgehead atoms. The van der Waals surface area contributed by atoms with Crippen LogP contribution in [0.15, 0.2) is 18.2 Å². The molecule has 0 aromatic heterocycles. The molecule has 3 amide bonds. The van der Waals surface area contributed by atoms with Gasteiger partial charge >= 0.3 is 0 Å². The van der Waals surface area contributed by atoms with E-state index < -0.39 is 17.9 Å². The van der Waals surface area contributed by atoms with E-state index in [9.17, 15) is 14.4 Å². The lowest BCUT2D eigenvalue weighted by Crippen LogP contribution is -2.46. The predicted octanol–water partition coefficient (Wildman–Crippen LogP) is -1.000. The highest BCUT2D eigenvalue weighted by Gasteiger charge is 2.34. The van der Waals surface area contributed by atoms with Gasteiger partial charge in [0.1, 0.15) is 17.5 Å². The van der Waals surface area contributed by atoms with Gasteiger partial charge in [0, 0.05) is 24.7 Å². The van der Waals surface area contributed by atoms with Crippen molar-refractivity contribution in [3.8, 4) is 11.5 Å². The minimum Gasteiger partial charge on any atom is -0.497 e. The highest BCUT2D eigenvalue weighted by molar-refractivity contribution is 6.02. The van der Waals surface area contributed by atoms with Gasteiger partial charge in [-0.1, -0.05) is 0 Å². The lowest BCUT2D eigenvalue weighted by atomic mass is 10.2. The topological polar surface area (TPSA) is 123 Å². The third-order valence-electron chi connectivity index (χ3n) is 3.82. The zero-order valence-corrected chi connectivity index (χ0v) is 14.2. The molecule has 1 aliphatic rings. The number of amides is 3. The van der Waals surface area contributed by atoms with Gasteiger partial charge in [-0.15, -0.1) is 0 Å². The van der Waals surface area contributed by atoms with Crippen LogP contribution in [-0.2, 0) is 14.4 Å². The maximum absolute atomic E-state index is 12.6. The second-order valence-electron chi connectivity index (χ2n) is 5.45. The Hall–Kier alpha value is -2.81. The van der Waals surface area contributed by atoms with Crippen molar-refractivity contribution in [2.24, 2.45) is 5.73 Å². The molecule has 1 aliphatic heterocycles. The number of nitrogens with one attached hydrogen (secondary N) is 2. The van der Waals surface area contributed by atoms with Crippen LogP contribution < -0.4 is 30.7 Å². The van der Waals surface area contributed by atoms with Crippen molar-refractivity contribution in [1.29, 1.82) is 0 Å². The number of nitrogens with zero attached hydrogens (tertiary/aromatic N) is 1. The van der Waals surface area contributed by atoms with Crippen LogP contribution in [0.5, 0.6) is 11.5 Å². The average Bonchev–Trinajstić information content (AvgIpc) is 2.99. The van der Waals surface area contributed by atoms with E-state index in [2.05, 4.69) is 10.6 Å². The molecule has 1 fully saturated rings. The summed E-state index contributed by atoms with van der Waals surface area (Å²) in [7, 11) is 3.06. The van der Waals surface area contributed by atoms with Crippen LogP contribution in [0.25, 0.3) is 0 Å². The number of anilines is 1. The van der Waals surface area contributed by atoms with Gasteiger partial charge in [0.15, 0.2) is 0 Å². The molecule has 1 aromatic rings. The van der Waals surface area contributed by atoms with Gasteiger partial charge in [-0.25, -0.2) is 0 Å². The molecule has 0 aliphatic carbocycles. The van der Waals surface area contributed by atoms with E-state index >= 15 is 0 Å². The number of carbonyl (C=O) groups excluding carboxylic acids is 3. The van der Waals surface area contributed by atoms with Crippen molar-refractivity contribution in [2.75, 3.05) is 38.8 Å². The van der Waals surface area contributed by atoms with Gasteiger partial charge < -0.3 is 30.7 Å². The van der Waals surface area contributed by atoms with Gasteiger partial charge in [0.05, 0.1) is 33.0 Å². The summed E-state index contributed by atoms with van der Waals surface area (Å²) in [5, 5.41) is 4.98. The quantitative estimate of drug-likeness (QED) is 0.580.